The van der Waals surface area contributed by atoms with Crippen LogP contribution in [0.2, 0.25) is 0 Å². The van der Waals surface area contributed by atoms with Crippen LogP contribution in [0.25, 0.3) is 6.08 Å². The Labute approximate surface area is 142 Å². The number of hydrogen-bond donors (Lipinski definition) is 2. The van der Waals surface area contributed by atoms with Crippen LogP contribution in [0, 0.1) is 5.82 Å². The Morgan fingerprint density at radius 1 is 1.12 bits per heavy atom. The SMILES string of the molecule is O=C(O)c1ccc(N2C(=O)/C(=C/c3ccc(F)cc3)NC2=S)cc1. The molecule has 2 N–H and O–H groups in total. The average Bonchev–Trinajstić information content (AvgIpc) is 2.83. The van der Waals surface area contributed by atoms with Gasteiger partial charge in [0.1, 0.15) is 11.5 Å². The number of carbonyl (C=O) groups is 2. The lowest BCUT2D eigenvalue weighted by molar-refractivity contribution is -0.113. The number of rotatable bonds is 3. The van der Waals surface area contributed by atoms with E-state index in [0.717, 1.165) is 0 Å². The standard InChI is InChI=1S/C17H11FN2O3S/c18-12-5-1-10(2-6-12)9-14-15(21)20(17(24)19-14)13-7-3-11(4-8-13)16(22)23/h1-9H,(H,19,24)(H,22,23)/b14-9-. The summed E-state index contributed by atoms with van der Waals surface area (Å²) in [5.74, 6) is -1.78. The summed E-state index contributed by atoms with van der Waals surface area (Å²) in [4.78, 5) is 24.7. The van der Waals surface area contributed by atoms with E-state index in [1.54, 1.807) is 18.2 Å². The molecular formula is C17H11FN2O3S. The molecule has 2 aromatic rings. The first-order valence-electron chi connectivity index (χ1n) is 6.92. The predicted octanol–water partition coefficient (Wildman–Crippen LogP) is 2.79. The molecule has 0 bridgehead atoms. The Kier molecular flexibility index (Phi) is 4.09. The van der Waals surface area contributed by atoms with E-state index in [1.807, 2.05) is 0 Å². The molecule has 0 unspecified atom stereocenters. The second-order valence-corrected chi connectivity index (χ2v) is 5.42. The Morgan fingerprint density at radius 3 is 2.33 bits per heavy atom. The highest BCUT2D eigenvalue weighted by Crippen LogP contribution is 2.23. The zero-order chi connectivity index (χ0) is 17.3. The van der Waals surface area contributed by atoms with Crippen LogP contribution < -0.4 is 10.2 Å². The highest BCUT2D eigenvalue weighted by molar-refractivity contribution is 7.80. The zero-order valence-electron chi connectivity index (χ0n) is 12.2. The van der Waals surface area contributed by atoms with Gasteiger partial charge in [0.25, 0.3) is 5.91 Å². The van der Waals surface area contributed by atoms with Crippen molar-refractivity contribution in [1.29, 1.82) is 0 Å². The molecule has 7 heteroatoms. The molecule has 0 radical (unpaired) electrons. The summed E-state index contributed by atoms with van der Waals surface area (Å²) >= 11 is 5.17. The molecule has 1 saturated heterocycles. The number of carboxylic acids is 1. The summed E-state index contributed by atoms with van der Waals surface area (Å²) in [6.45, 7) is 0. The highest BCUT2D eigenvalue weighted by atomic mass is 32.1. The minimum atomic E-state index is -1.05. The molecule has 5 nitrogen and oxygen atoms in total. The van der Waals surface area contributed by atoms with E-state index in [1.165, 1.54) is 41.3 Å². The van der Waals surface area contributed by atoms with Gasteiger partial charge < -0.3 is 10.4 Å². The molecule has 1 aliphatic rings. The van der Waals surface area contributed by atoms with E-state index >= 15 is 0 Å². The molecule has 0 aromatic heterocycles. The van der Waals surface area contributed by atoms with Gasteiger partial charge in [-0.25, -0.2) is 9.18 Å². The molecule has 0 spiro atoms. The summed E-state index contributed by atoms with van der Waals surface area (Å²) in [5, 5.41) is 11.9. The van der Waals surface area contributed by atoms with Gasteiger partial charge in [0, 0.05) is 0 Å². The summed E-state index contributed by atoms with van der Waals surface area (Å²) < 4.78 is 12.9. The Hall–Kier alpha value is -3.06. The van der Waals surface area contributed by atoms with Crippen molar-refractivity contribution in [1.82, 2.24) is 5.32 Å². The van der Waals surface area contributed by atoms with Crippen LogP contribution in [-0.4, -0.2) is 22.1 Å². The summed E-state index contributed by atoms with van der Waals surface area (Å²) in [5.41, 5.74) is 1.49. The quantitative estimate of drug-likeness (QED) is 0.663. The van der Waals surface area contributed by atoms with Gasteiger partial charge in [0.2, 0.25) is 0 Å². The van der Waals surface area contributed by atoms with Crippen molar-refractivity contribution in [2.75, 3.05) is 4.90 Å². The Bertz CT molecular complexity index is 860. The molecular weight excluding hydrogens is 331 g/mol. The zero-order valence-corrected chi connectivity index (χ0v) is 13.0. The summed E-state index contributed by atoms with van der Waals surface area (Å²) in [6, 6.07) is 11.5. The lowest BCUT2D eigenvalue weighted by Crippen LogP contribution is -2.30. The van der Waals surface area contributed by atoms with Crippen molar-refractivity contribution < 1.29 is 19.1 Å². The van der Waals surface area contributed by atoms with Gasteiger partial charge >= 0.3 is 5.97 Å². The maximum Gasteiger partial charge on any atom is 0.335 e. The number of thiocarbonyl (C=S) groups is 1. The van der Waals surface area contributed by atoms with Crippen molar-refractivity contribution in [3.63, 3.8) is 0 Å². The first-order chi connectivity index (χ1) is 11.5. The van der Waals surface area contributed by atoms with Gasteiger partial charge in [-0.2, -0.15) is 0 Å². The number of carbonyl (C=O) groups excluding carboxylic acids is 1. The minimum Gasteiger partial charge on any atom is -0.478 e. The van der Waals surface area contributed by atoms with E-state index in [-0.39, 0.29) is 28.1 Å². The maximum atomic E-state index is 12.9. The van der Waals surface area contributed by atoms with Crippen molar-refractivity contribution in [3.8, 4) is 0 Å². The fourth-order valence-electron chi connectivity index (χ4n) is 2.25. The highest BCUT2D eigenvalue weighted by Gasteiger charge is 2.31. The van der Waals surface area contributed by atoms with Gasteiger partial charge in [-0.15, -0.1) is 0 Å². The van der Waals surface area contributed by atoms with Crippen LogP contribution in [0.4, 0.5) is 10.1 Å². The Morgan fingerprint density at radius 2 is 1.75 bits per heavy atom. The number of nitrogens with one attached hydrogen (secondary N) is 1. The Balaban J connectivity index is 1.88. The monoisotopic (exact) mass is 342 g/mol. The van der Waals surface area contributed by atoms with Crippen LogP contribution in [0.3, 0.4) is 0 Å². The van der Waals surface area contributed by atoms with E-state index in [4.69, 9.17) is 17.3 Å². The van der Waals surface area contributed by atoms with E-state index in [9.17, 15) is 14.0 Å². The lowest BCUT2D eigenvalue weighted by Gasteiger charge is -2.13. The van der Waals surface area contributed by atoms with Crippen molar-refractivity contribution in [3.05, 3.63) is 71.2 Å². The number of nitrogens with zero attached hydrogens (tertiary/aromatic N) is 1. The third-order valence-corrected chi connectivity index (χ3v) is 3.72. The molecule has 0 atom stereocenters. The van der Waals surface area contributed by atoms with E-state index in [0.29, 0.717) is 11.3 Å². The molecule has 0 aliphatic carbocycles. The second kappa shape index (κ2) is 6.21. The number of anilines is 1. The number of halogens is 1. The minimum absolute atomic E-state index is 0.117. The maximum absolute atomic E-state index is 12.9. The molecule has 1 heterocycles. The topological polar surface area (TPSA) is 69.6 Å². The smallest absolute Gasteiger partial charge is 0.335 e. The number of carboxylic acid groups (broad SMARTS) is 1. The molecule has 120 valence electrons. The number of benzene rings is 2. The summed E-state index contributed by atoms with van der Waals surface area (Å²) in [6.07, 6.45) is 1.57. The summed E-state index contributed by atoms with van der Waals surface area (Å²) in [7, 11) is 0. The number of amides is 1. The normalized spacial score (nSPS) is 15.7. The van der Waals surface area contributed by atoms with Crippen molar-refractivity contribution >= 4 is 41.0 Å². The first-order valence-corrected chi connectivity index (χ1v) is 7.32. The van der Waals surface area contributed by atoms with E-state index in [2.05, 4.69) is 5.32 Å². The fourth-order valence-corrected chi connectivity index (χ4v) is 2.55. The molecule has 3 rings (SSSR count). The van der Waals surface area contributed by atoms with E-state index < -0.39 is 5.97 Å². The van der Waals surface area contributed by atoms with Crippen LogP contribution in [0.1, 0.15) is 15.9 Å². The fraction of sp³-hybridized carbons (Fsp3) is 0. The van der Waals surface area contributed by atoms with Gasteiger partial charge in [0.05, 0.1) is 11.3 Å². The van der Waals surface area contributed by atoms with Crippen LogP contribution >= 0.6 is 12.2 Å². The molecule has 2 aromatic carbocycles. The lowest BCUT2D eigenvalue weighted by atomic mass is 10.1. The first kappa shape index (κ1) is 15.8. The van der Waals surface area contributed by atoms with Crippen molar-refractivity contribution in [2.45, 2.75) is 0 Å². The number of aromatic carboxylic acids is 1. The van der Waals surface area contributed by atoms with Gasteiger partial charge in [-0.1, -0.05) is 12.1 Å². The number of hydrogen-bond acceptors (Lipinski definition) is 3. The third kappa shape index (κ3) is 3.02. The average molecular weight is 342 g/mol. The second-order valence-electron chi connectivity index (χ2n) is 5.03. The molecule has 0 saturated carbocycles. The van der Waals surface area contributed by atoms with Crippen LogP contribution in [-0.2, 0) is 4.79 Å². The van der Waals surface area contributed by atoms with Crippen LogP contribution in [0.5, 0.6) is 0 Å². The third-order valence-electron chi connectivity index (χ3n) is 3.43. The molecule has 1 aliphatic heterocycles. The van der Waals surface area contributed by atoms with Gasteiger partial charge in [-0.3, -0.25) is 9.69 Å². The largest absolute Gasteiger partial charge is 0.478 e. The molecule has 24 heavy (non-hydrogen) atoms. The van der Waals surface area contributed by atoms with Gasteiger partial charge in [0.15, 0.2) is 5.11 Å². The predicted molar refractivity (Wildman–Crippen MR) is 91.0 cm³/mol. The molecule has 1 amide bonds. The molecule has 1 fully saturated rings. The van der Waals surface area contributed by atoms with Gasteiger partial charge in [-0.05, 0) is 60.3 Å². The van der Waals surface area contributed by atoms with Crippen LogP contribution in [0.15, 0.2) is 54.2 Å². The van der Waals surface area contributed by atoms with Crippen molar-refractivity contribution in [2.24, 2.45) is 0 Å².